The smallest absolute Gasteiger partial charge is 0.207 e. The first kappa shape index (κ1) is 53.7. The van der Waals surface area contributed by atoms with E-state index in [9.17, 15) is 0 Å². The van der Waals surface area contributed by atoms with Crippen LogP contribution in [0.4, 0.5) is 0 Å². The Hall–Kier alpha value is -3.13. The lowest BCUT2D eigenvalue weighted by Gasteiger charge is -2.29. The van der Waals surface area contributed by atoms with Crippen LogP contribution in [0.5, 0.6) is 0 Å². The lowest BCUT2D eigenvalue weighted by Crippen LogP contribution is -2.34. The Bertz CT molecular complexity index is 2690. The first-order valence-electron chi connectivity index (χ1n) is 25.9. The molecule has 0 bridgehead atoms. The summed E-state index contributed by atoms with van der Waals surface area (Å²) in [5.74, 6) is -0.332. The van der Waals surface area contributed by atoms with Crippen LogP contribution in [0.25, 0.3) is 0 Å². The number of sulfonamides is 3. The number of hydrogen-bond donors (Lipinski definition) is 0. The van der Waals surface area contributed by atoms with E-state index in [1.54, 1.807) is 12.9 Å². The van der Waals surface area contributed by atoms with Gasteiger partial charge in [-0.05, 0) is 126 Å². The van der Waals surface area contributed by atoms with E-state index in [0.717, 1.165) is 72.4 Å². The van der Waals surface area contributed by atoms with E-state index in [2.05, 4.69) is 161 Å². The Labute approximate surface area is 418 Å². The standard InChI is InChI=1S/C57H83N3O6S3/c1-31(2)40-19-43(34(7)8)55(44(20-40)35(9)10)67(61,62)58-25-49-50(26-58)52-28-60(69(65,66)57-47(38(15)16)23-42(33(5)6)24-48(57)39(17)18)30-54(52)53-29-59(27-51(49)53)68(63,64)56-45(36(11)12)21-41(32(3)4)22-46(56)37(13)14/h19-24,31-39,49,51H,25-30H2,1-18H3/t49-,51-. The second-order valence-corrected chi connectivity index (χ2v) is 29.2. The minimum Gasteiger partial charge on any atom is -0.207 e. The molecule has 3 aromatic carbocycles. The predicted molar refractivity (Wildman–Crippen MR) is 283 cm³/mol. The highest BCUT2D eigenvalue weighted by molar-refractivity contribution is 7.89. The van der Waals surface area contributed by atoms with Crippen LogP contribution in [0.2, 0.25) is 0 Å². The first-order chi connectivity index (χ1) is 31.9. The van der Waals surface area contributed by atoms with Gasteiger partial charge in [-0.15, -0.1) is 0 Å². The van der Waals surface area contributed by atoms with Crippen LogP contribution >= 0.6 is 0 Å². The van der Waals surface area contributed by atoms with Crippen LogP contribution in [0.3, 0.4) is 0 Å². The van der Waals surface area contributed by atoms with E-state index in [-0.39, 0.29) is 104 Å². The highest BCUT2D eigenvalue weighted by Crippen LogP contribution is 2.52. The molecule has 0 radical (unpaired) electrons. The van der Waals surface area contributed by atoms with Crippen LogP contribution in [-0.4, -0.2) is 77.4 Å². The van der Waals surface area contributed by atoms with E-state index >= 15 is 25.3 Å². The summed E-state index contributed by atoms with van der Waals surface area (Å²) in [7, 11) is -12.3. The molecule has 0 saturated carbocycles. The fourth-order valence-electron chi connectivity index (χ4n) is 11.5. The second kappa shape index (κ2) is 19.4. The van der Waals surface area contributed by atoms with Crippen molar-refractivity contribution in [3.63, 3.8) is 0 Å². The summed E-state index contributed by atoms with van der Waals surface area (Å²) >= 11 is 0. The summed E-state index contributed by atoms with van der Waals surface area (Å²) in [5, 5.41) is 0. The zero-order valence-electron chi connectivity index (χ0n) is 45.1. The summed E-state index contributed by atoms with van der Waals surface area (Å²) in [5.41, 5.74) is 11.7. The molecule has 3 saturated heterocycles. The Balaban J connectivity index is 1.42. The quantitative estimate of drug-likeness (QED) is 0.150. The van der Waals surface area contributed by atoms with Crippen LogP contribution in [0, 0.1) is 11.8 Å². The number of nitrogens with zero attached hydrogens (tertiary/aromatic N) is 3. The average Bonchev–Trinajstić information content (AvgIpc) is 4.03. The molecule has 3 heterocycles. The maximum atomic E-state index is 15.5. The van der Waals surface area contributed by atoms with Crippen molar-refractivity contribution in [2.75, 3.05) is 39.3 Å². The van der Waals surface area contributed by atoms with Crippen LogP contribution < -0.4 is 0 Å². The third-order valence-electron chi connectivity index (χ3n) is 15.7. The maximum absolute atomic E-state index is 15.5. The van der Waals surface area contributed by atoms with Gasteiger partial charge in [0.05, 0.1) is 14.7 Å². The summed E-state index contributed by atoms with van der Waals surface area (Å²) in [4.78, 5) is 1.12. The van der Waals surface area contributed by atoms with E-state index in [4.69, 9.17) is 0 Å². The van der Waals surface area contributed by atoms with E-state index < -0.39 is 30.1 Å². The monoisotopic (exact) mass is 1000 g/mol. The highest BCUT2D eigenvalue weighted by Gasteiger charge is 2.53. The molecule has 4 aliphatic rings. The summed E-state index contributed by atoms with van der Waals surface area (Å²) in [6.07, 6.45) is 0. The van der Waals surface area contributed by atoms with E-state index in [0.29, 0.717) is 14.7 Å². The lowest BCUT2D eigenvalue weighted by atomic mass is 9.75. The molecule has 3 aromatic rings. The SMILES string of the molecule is CC(C)c1cc(C(C)C)c(S(=O)(=O)N2CC3=C4CN(S(=O)(=O)c5c(C(C)C)cc(C(C)C)cc5C(C)C)C[C@H]4[C@H]4CN(S(=O)(=O)c5c(C(C)C)cc(C(C)C)cc5C(C)C)CC4=C3C2)c(C(C)C)c1. The number of rotatable bonds is 15. The van der Waals surface area contributed by atoms with Gasteiger partial charge in [-0.2, -0.15) is 12.9 Å². The molecular formula is C57H83N3O6S3. The van der Waals surface area contributed by atoms with Crippen LogP contribution in [0.15, 0.2) is 73.4 Å². The molecule has 3 fully saturated rings. The topological polar surface area (TPSA) is 112 Å². The van der Waals surface area contributed by atoms with Crippen molar-refractivity contribution >= 4 is 30.1 Å². The largest absolute Gasteiger partial charge is 0.244 e. The minimum absolute atomic E-state index is 0.0536. The van der Waals surface area contributed by atoms with E-state index in [1.165, 1.54) is 0 Å². The second-order valence-electron chi connectivity index (χ2n) is 23.6. The molecule has 9 nitrogen and oxygen atoms in total. The van der Waals surface area contributed by atoms with Gasteiger partial charge >= 0.3 is 0 Å². The lowest BCUT2D eigenvalue weighted by molar-refractivity contribution is 0.382. The number of hydrogen-bond acceptors (Lipinski definition) is 6. The molecule has 0 N–H and O–H groups in total. The fourth-order valence-corrected chi connectivity index (χ4v) is 17.7. The van der Waals surface area contributed by atoms with Crippen LogP contribution in [0.1, 0.15) is 228 Å². The maximum Gasteiger partial charge on any atom is 0.244 e. The molecule has 69 heavy (non-hydrogen) atoms. The molecule has 12 heteroatoms. The van der Waals surface area contributed by atoms with Crippen molar-refractivity contribution in [3.8, 4) is 0 Å². The molecule has 3 aliphatic heterocycles. The summed E-state index contributed by atoms with van der Waals surface area (Å²) in [6, 6.07) is 12.4. The van der Waals surface area contributed by atoms with Gasteiger partial charge in [-0.25, -0.2) is 25.3 Å². The molecule has 0 spiro atoms. The minimum atomic E-state index is -4.10. The molecule has 7 rings (SSSR count). The zero-order chi connectivity index (χ0) is 51.3. The van der Waals surface area contributed by atoms with Gasteiger partial charge < -0.3 is 0 Å². The normalized spacial score (nSPS) is 20.0. The van der Waals surface area contributed by atoms with E-state index in [1.807, 2.05) is 0 Å². The predicted octanol–water partition coefficient (Wildman–Crippen LogP) is 13.0. The van der Waals surface area contributed by atoms with Gasteiger partial charge in [0.1, 0.15) is 0 Å². The molecule has 1 aliphatic carbocycles. The van der Waals surface area contributed by atoms with Crippen molar-refractivity contribution in [1.82, 2.24) is 12.9 Å². The van der Waals surface area contributed by atoms with Gasteiger partial charge in [-0.3, -0.25) is 0 Å². The Morgan fingerprint density at radius 3 is 0.754 bits per heavy atom. The molecule has 0 amide bonds. The third-order valence-corrected chi connectivity index (χ3v) is 21.5. The van der Waals surface area contributed by atoms with Gasteiger partial charge in [0.15, 0.2) is 0 Å². The molecule has 0 aromatic heterocycles. The van der Waals surface area contributed by atoms with Crippen molar-refractivity contribution in [2.24, 2.45) is 11.8 Å². The highest BCUT2D eigenvalue weighted by atomic mass is 32.2. The zero-order valence-corrected chi connectivity index (χ0v) is 47.5. The molecular weight excluding hydrogens is 919 g/mol. The van der Waals surface area contributed by atoms with Crippen molar-refractivity contribution in [1.29, 1.82) is 0 Å². The number of benzene rings is 3. The average molecular weight is 1000 g/mol. The molecule has 380 valence electrons. The summed E-state index contributed by atoms with van der Waals surface area (Å²) < 4.78 is 98.1. The van der Waals surface area contributed by atoms with Crippen molar-refractivity contribution < 1.29 is 25.3 Å². The van der Waals surface area contributed by atoms with Gasteiger partial charge in [-0.1, -0.05) is 161 Å². The van der Waals surface area contributed by atoms with Gasteiger partial charge in [0.25, 0.3) is 0 Å². The number of fused-ring (bicyclic) bond motifs is 4. The third kappa shape index (κ3) is 9.43. The molecule has 2 atom stereocenters. The van der Waals surface area contributed by atoms with Crippen molar-refractivity contribution in [3.05, 3.63) is 109 Å². The van der Waals surface area contributed by atoms with Crippen LogP contribution in [-0.2, 0) is 30.1 Å². The fraction of sp³-hybridized carbons (Fsp3) is 0.614. The summed E-state index contributed by atoms with van der Waals surface area (Å²) in [6.45, 7) is 38.3. The van der Waals surface area contributed by atoms with Crippen molar-refractivity contribution in [2.45, 2.75) is 193 Å². The Kier molecular flexibility index (Phi) is 15.1. The molecule has 0 unspecified atom stereocenters. The first-order valence-corrected chi connectivity index (χ1v) is 30.2. The van der Waals surface area contributed by atoms with Gasteiger partial charge in [0, 0.05) is 51.1 Å². The Morgan fingerprint density at radius 1 is 0.333 bits per heavy atom. The Morgan fingerprint density at radius 2 is 0.551 bits per heavy atom. The van der Waals surface area contributed by atoms with Gasteiger partial charge in [0.2, 0.25) is 30.1 Å².